The smallest absolute Gasteiger partial charge is 0.258 e. The van der Waals surface area contributed by atoms with E-state index in [0.29, 0.717) is 12.3 Å². The number of halogens is 1. The summed E-state index contributed by atoms with van der Waals surface area (Å²) in [5.74, 6) is -0.0283. The summed E-state index contributed by atoms with van der Waals surface area (Å²) in [5.41, 5.74) is 5.02. The average Bonchev–Trinajstić information content (AvgIpc) is 2.43. The summed E-state index contributed by atoms with van der Waals surface area (Å²) in [5, 5.41) is 5.20. The van der Waals surface area contributed by atoms with Crippen LogP contribution in [-0.2, 0) is 9.59 Å². The molecule has 0 spiro atoms. The molecule has 0 aliphatic rings. The second-order valence-corrected chi connectivity index (χ2v) is 5.01. The molecule has 0 aliphatic heterocycles. The van der Waals surface area contributed by atoms with Gasteiger partial charge in [0.2, 0.25) is 5.91 Å². The maximum absolute atomic E-state index is 11.6. The zero-order chi connectivity index (χ0) is 15.0. The minimum absolute atomic E-state index is 0. The van der Waals surface area contributed by atoms with Gasteiger partial charge < -0.3 is 21.1 Å². The number of para-hydroxylation sites is 1. The Morgan fingerprint density at radius 2 is 1.81 bits per heavy atom. The first-order chi connectivity index (χ1) is 9.43. The van der Waals surface area contributed by atoms with Gasteiger partial charge in [-0.05, 0) is 26.0 Å². The fraction of sp³-hybridized carbons (Fsp3) is 0.429. The van der Waals surface area contributed by atoms with Crippen molar-refractivity contribution >= 4 is 24.2 Å². The van der Waals surface area contributed by atoms with Crippen LogP contribution < -0.4 is 21.1 Å². The van der Waals surface area contributed by atoms with Crippen molar-refractivity contribution in [2.45, 2.75) is 19.4 Å². The number of amides is 2. The molecular formula is C14H22ClN3O3. The van der Waals surface area contributed by atoms with Gasteiger partial charge in [0.15, 0.2) is 6.61 Å². The lowest BCUT2D eigenvalue weighted by Gasteiger charge is -2.24. The quantitative estimate of drug-likeness (QED) is 0.681. The van der Waals surface area contributed by atoms with Gasteiger partial charge in [0, 0.05) is 12.1 Å². The Balaban J connectivity index is 0.00000400. The molecule has 21 heavy (non-hydrogen) atoms. The fourth-order valence-electron chi connectivity index (χ4n) is 1.37. The Morgan fingerprint density at radius 3 is 2.38 bits per heavy atom. The fourth-order valence-corrected chi connectivity index (χ4v) is 1.37. The summed E-state index contributed by atoms with van der Waals surface area (Å²) in [6, 6.07) is 9.00. The summed E-state index contributed by atoms with van der Waals surface area (Å²) in [4.78, 5) is 23.1. The molecule has 0 atom stereocenters. The number of carbonyl (C=O) groups is 2. The minimum atomic E-state index is -0.484. The number of carbonyl (C=O) groups excluding carboxylic acids is 2. The molecule has 0 radical (unpaired) electrons. The Bertz CT molecular complexity index is 452. The highest BCUT2D eigenvalue weighted by Crippen LogP contribution is 2.07. The molecule has 0 fully saturated rings. The first-order valence-electron chi connectivity index (χ1n) is 6.38. The van der Waals surface area contributed by atoms with E-state index in [1.807, 2.05) is 32.0 Å². The van der Waals surface area contributed by atoms with Gasteiger partial charge in [-0.2, -0.15) is 0 Å². The molecule has 1 aromatic carbocycles. The van der Waals surface area contributed by atoms with Crippen LogP contribution in [0.1, 0.15) is 13.8 Å². The molecule has 4 N–H and O–H groups in total. The SMILES string of the molecule is CC(C)(CN)NC(=O)CNC(=O)COc1ccccc1.Cl. The molecule has 6 nitrogen and oxygen atoms in total. The number of hydrogen-bond acceptors (Lipinski definition) is 4. The Morgan fingerprint density at radius 1 is 1.19 bits per heavy atom. The van der Waals surface area contributed by atoms with Crippen molar-refractivity contribution in [3.63, 3.8) is 0 Å². The van der Waals surface area contributed by atoms with E-state index in [0.717, 1.165) is 0 Å². The first kappa shape index (κ1) is 19.2. The van der Waals surface area contributed by atoms with Gasteiger partial charge in [-0.3, -0.25) is 9.59 Å². The van der Waals surface area contributed by atoms with Crippen molar-refractivity contribution in [3.05, 3.63) is 30.3 Å². The van der Waals surface area contributed by atoms with E-state index in [2.05, 4.69) is 10.6 Å². The molecule has 0 saturated carbocycles. The molecule has 0 saturated heterocycles. The van der Waals surface area contributed by atoms with E-state index in [9.17, 15) is 9.59 Å². The lowest BCUT2D eigenvalue weighted by molar-refractivity contribution is -0.127. The monoisotopic (exact) mass is 315 g/mol. The standard InChI is InChI=1S/C14H21N3O3.ClH/c1-14(2,10-15)17-12(18)8-16-13(19)9-20-11-6-4-3-5-7-11;/h3-7H,8-10,15H2,1-2H3,(H,16,19)(H,17,18);1H. The van der Waals surface area contributed by atoms with Gasteiger partial charge in [0.1, 0.15) is 5.75 Å². The third-order valence-corrected chi connectivity index (χ3v) is 2.55. The number of nitrogens with two attached hydrogens (primary N) is 1. The van der Waals surface area contributed by atoms with Crippen molar-refractivity contribution in [1.29, 1.82) is 0 Å². The van der Waals surface area contributed by atoms with E-state index < -0.39 is 5.54 Å². The molecule has 0 heterocycles. The number of benzene rings is 1. The summed E-state index contributed by atoms with van der Waals surface area (Å²) in [6.45, 7) is 3.72. The highest BCUT2D eigenvalue weighted by atomic mass is 35.5. The highest BCUT2D eigenvalue weighted by molar-refractivity contribution is 5.86. The van der Waals surface area contributed by atoms with E-state index in [1.54, 1.807) is 12.1 Å². The zero-order valence-corrected chi connectivity index (χ0v) is 13.0. The molecule has 1 aromatic rings. The molecule has 0 unspecified atom stereocenters. The first-order valence-corrected chi connectivity index (χ1v) is 6.38. The van der Waals surface area contributed by atoms with Crippen LogP contribution in [0.5, 0.6) is 5.75 Å². The topological polar surface area (TPSA) is 93.5 Å². The molecule has 2 amide bonds. The van der Waals surface area contributed by atoms with Crippen molar-refractivity contribution in [2.75, 3.05) is 19.7 Å². The minimum Gasteiger partial charge on any atom is -0.484 e. The predicted molar refractivity (Wildman–Crippen MR) is 83.5 cm³/mol. The van der Waals surface area contributed by atoms with Gasteiger partial charge >= 0.3 is 0 Å². The van der Waals surface area contributed by atoms with Crippen LogP contribution in [0.2, 0.25) is 0 Å². The van der Waals surface area contributed by atoms with Gasteiger partial charge in [0.25, 0.3) is 5.91 Å². The third-order valence-electron chi connectivity index (χ3n) is 2.55. The van der Waals surface area contributed by atoms with Crippen LogP contribution >= 0.6 is 12.4 Å². The third kappa shape index (κ3) is 8.16. The lowest BCUT2D eigenvalue weighted by atomic mass is 10.1. The summed E-state index contributed by atoms with van der Waals surface area (Å²) in [6.07, 6.45) is 0. The highest BCUT2D eigenvalue weighted by Gasteiger charge is 2.18. The Kier molecular flexibility index (Phi) is 8.42. The Labute approximate surface area is 130 Å². The molecule has 1 rings (SSSR count). The number of ether oxygens (including phenoxy) is 1. The molecular weight excluding hydrogens is 294 g/mol. The molecule has 0 aromatic heterocycles. The molecule has 7 heteroatoms. The molecule has 0 bridgehead atoms. The van der Waals surface area contributed by atoms with Crippen molar-refractivity contribution in [2.24, 2.45) is 5.73 Å². The van der Waals surface area contributed by atoms with Crippen molar-refractivity contribution < 1.29 is 14.3 Å². The predicted octanol–water partition coefficient (Wildman–Crippen LogP) is 0.457. The van der Waals surface area contributed by atoms with Crippen molar-refractivity contribution in [1.82, 2.24) is 10.6 Å². The van der Waals surface area contributed by atoms with E-state index in [-0.39, 0.29) is 37.4 Å². The second-order valence-electron chi connectivity index (χ2n) is 5.01. The molecule has 0 aliphatic carbocycles. The van der Waals surface area contributed by atoms with Crippen LogP contribution in [0.4, 0.5) is 0 Å². The van der Waals surface area contributed by atoms with Crippen molar-refractivity contribution in [3.8, 4) is 5.75 Å². The number of rotatable bonds is 7. The van der Waals surface area contributed by atoms with Crippen LogP contribution in [0, 0.1) is 0 Å². The van der Waals surface area contributed by atoms with Gasteiger partial charge in [0.05, 0.1) is 6.54 Å². The zero-order valence-electron chi connectivity index (χ0n) is 12.2. The van der Waals surface area contributed by atoms with E-state index in [1.165, 1.54) is 0 Å². The summed E-state index contributed by atoms with van der Waals surface area (Å²) in [7, 11) is 0. The summed E-state index contributed by atoms with van der Waals surface area (Å²) < 4.78 is 5.26. The van der Waals surface area contributed by atoms with E-state index in [4.69, 9.17) is 10.5 Å². The maximum atomic E-state index is 11.6. The summed E-state index contributed by atoms with van der Waals surface area (Å²) >= 11 is 0. The molecule has 118 valence electrons. The number of nitrogens with one attached hydrogen (secondary N) is 2. The Hall–Kier alpha value is -1.79. The van der Waals surface area contributed by atoms with Gasteiger partial charge in [-0.25, -0.2) is 0 Å². The normalized spacial score (nSPS) is 10.2. The lowest BCUT2D eigenvalue weighted by Crippen LogP contribution is -2.52. The van der Waals surface area contributed by atoms with E-state index >= 15 is 0 Å². The van der Waals surface area contributed by atoms with Crippen LogP contribution in [-0.4, -0.2) is 37.0 Å². The van der Waals surface area contributed by atoms with Gasteiger partial charge in [-0.1, -0.05) is 18.2 Å². The number of hydrogen-bond donors (Lipinski definition) is 3. The van der Waals surface area contributed by atoms with Crippen LogP contribution in [0.3, 0.4) is 0 Å². The van der Waals surface area contributed by atoms with Crippen LogP contribution in [0.15, 0.2) is 30.3 Å². The average molecular weight is 316 g/mol. The largest absolute Gasteiger partial charge is 0.484 e. The van der Waals surface area contributed by atoms with Crippen LogP contribution in [0.25, 0.3) is 0 Å². The second kappa shape index (κ2) is 9.20. The maximum Gasteiger partial charge on any atom is 0.258 e. The van der Waals surface area contributed by atoms with Gasteiger partial charge in [-0.15, -0.1) is 12.4 Å².